The molecule has 0 spiro atoms. The predicted molar refractivity (Wildman–Crippen MR) is 65.9 cm³/mol. The van der Waals surface area contributed by atoms with Crippen LogP contribution in [-0.4, -0.2) is 9.97 Å². The third kappa shape index (κ3) is 2.47. The van der Waals surface area contributed by atoms with Crippen LogP contribution in [0.5, 0.6) is 0 Å². The van der Waals surface area contributed by atoms with Crippen LogP contribution in [0.4, 0.5) is 21.6 Å². The second-order valence-corrected chi connectivity index (χ2v) is 3.71. The normalized spacial score (nSPS) is 9.83. The average Bonchev–Trinajstić information content (AvgIpc) is 2.36. The summed E-state index contributed by atoms with van der Waals surface area (Å²) in [5.74, 6) is -0.232. The van der Waals surface area contributed by atoms with Crippen molar-refractivity contribution in [2.45, 2.75) is 0 Å². The van der Waals surface area contributed by atoms with Gasteiger partial charge >= 0.3 is 0 Å². The lowest BCUT2D eigenvalue weighted by Gasteiger charge is -2.09. The molecule has 5 nitrogen and oxygen atoms in total. The van der Waals surface area contributed by atoms with Crippen LogP contribution in [0.1, 0.15) is 5.56 Å². The van der Waals surface area contributed by atoms with Crippen molar-refractivity contribution >= 4 is 28.8 Å². The Bertz CT molecular complexity index is 638. The molecule has 0 amide bonds. The van der Waals surface area contributed by atoms with E-state index in [1.807, 2.05) is 6.07 Å². The maximum absolute atomic E-state index is 13.0. The third-order valence-electron chi connectivity index (χ3n) is 2.14. The molecule has 0 bridgehead atoms. The smallest absolute Gasteiger partial charge is 0.224 e. The van der Waals surface area contributed by atoms with E-state index in [-0.39, 0.29) is 22.4 Å². The highest BCUT2D eigenvalue weighted by Crippen LogP contribution is 2.24. The fourth-order valence-electron chi connectivity index (χ4n) is 1.32. The van der Waals surface area contributed by atoms with Gasteiger partial charge in [0.15, 0.2) is 5.82 Å². The lowest BCUT2D eigenvalue weighted by molar-refractivity contribution is 0.627. The highest BCUT2D eigenvalue weighted by atomic mass is 35.5. The molecule has 2 rings (SSSR count). The van der Waals surface area contributed by atoms with Gasteiger partial charge < -0.3 is 11.1 Å². The number of nitriles is 1. The van der Waals surface area contributed by atoms with Gasteiger partial charge in [0.05, 0.1) is 23.1 Å². The van der Waals surface area contributed by atoms with Gasteiger partial charge in [0.2, 0.25) is 5.28 Å². The van der Waals surface area contributed by atoms with Crippen LogP contribution in [0.3, 0.4) is 0 Å². The first-order valence-corrected chi connectivity index (χ1v) is 5.22. The summed E-state index contributed by atoms with van der Waals surface area (Å²) < 4.78 is 13.0. The summed E-state index contributed by atoms with van der Waals surface area (Å²) in [5.41, 5.74) is 6.46. The van der Waals surface area contributed by atoms with E-state index in [4.69, 9.17) is 22.6 Å². The number of benzene rings is 1. The minimum absolute atomic E-state index is 0.0207. The van der Waals surface area contributed by atoms with E-state index in [0.29, 0.717) is 5.69 Å². The van der Waals surface area contributed by atoms with Crippen molar-refractivity contribution in [3.63, 3.8) is 0 Å². The molecule has 0 aliphatic carbocycles. The van der Waals surface area contributed by atoms with Gasteiger partial charge in [0.25, 0.3) is 0 Å². The van der Waals surface area contributed by atoms with Crippen LogP contribution in [0.25, 0.3) is 0 Å². The molecule has 7 heteroatoms. The van der Waals surface area contributed by atoms with Crippen molar-refractivity contribution in [3.05, 3.63) is 41.1 Å². The number of anilines is 3. The summed E-state index contributed by atoms with van der Waals surface area (Å²) in [6.45, 7) is 0. The van der Waals surface area contributed by atoms with Crippen molar-refractivity contribution in [3.8, 4) is 6.07 Å². The first-order valence-electron chi connectivity index (χ1n) is 4.85. The monoisotopic (exact) mass is 263 g/mol. The number of nitrogens with one attached hydrogen (secondary N) is 1. The number of hydrogen-bond donors (Lipinski definition) is 2. The number of rotatable bonds is 2. The van der Waals surface area contributed by atoms with Crippen molar-refractivity contribution in [1.29, 1.82) is 5.26 Å². The van der Waals surface area contributed by atoms with Gasteiger partial charge in [-0.25, -0.2) is 9.37 Å². The summed E-state index contributed by atoms with van der Waals surface area (Å²) in [7, 11) is 0. The molecule has 0 fully saturated rings. The van der Waals surface area contributed by atoms with Crippen molar-refractivity contribution in [2.24, 2.45) is 0 Å². The number of halogens is 2. The van der Waals surface area contributed by atoms with Gasteiger partial charge in [-0.1, -0.05) is 0 Å². The molecule has 0 saturated carbocycles. The number of nitrogen functional groups attached to an aromatic ring is 1. The lowest BCUT2D eigenvalue weighted by Crippen LogP contribution is -2.02. The Kier molecular flexibility index (Phi) is 3.26. The van der Waals surface area contributed by atoms with E-state index in [1.54, 1.807) is 0 Å². The Hall–Kier alpha value is -2.39. The van der Waals surface area contributed by atoms with Gasteiger partial charge in [-0.3, -0.25) is 0 Å². The second kappa shape index (κ2) is 4.85. The molecule has 1 aromatic heterocycles. The maximum Gasteiger partial charge on any atom is 0.224 e. The molecule has 0 unspecified atom stereocenters. The Balaban J connectivity index is 2.40. The molecule has 3 N–H and O–H groups in total. The summed E-state index contributed by atoms with van der Waals surface area (Å²) in [4.78, 5) is 7.58. The lowest BCUT2D eigenvalue weighted by atomic mass is 10.2. The Morgan fingerprint density at radius 2 is 2.22 bits per heavy atom. The topological polar surface area (TPSA) is 87.6 Å². The van der Waals surface area contributed by atoms with Crippen molar-refractivity contribution < 1.29 is 4.39 Å². The standard InChI is InChI=1S/C11H7ClFN5/c12-11-16-5-8(15)10(18-11)17-9-2-1-7(13)3-6(9)4-14/h1-3,5H,15H2,(H,16,17,18). The van der Waals surface area contributed by atoms with Crippen LogP contribution >= 0.6 is 11.6 Å². The van der Waals surface area contributed by atoms with E-state index in [0.717, 1.165) is 6.07 Å². The highest BCUT2D eigenvalue weighted by molar-refractivity contribution is 6.28. The van der Waals surface area contributed by atoms with Gasteiger partial charge in [0, 0.05) is 0 Å². The van der Waals surface area contributed by atoms with Crippen LogP contribution in [0, 0.1) is 17.1 Å². The summed E-state index contributed by atoms with van der Waals surface area (Å²) >= 11 is 5.64. The molecular formula is C11H7ClFN5. The van der Waals surface area contributed by atoms with Gasteiger partial charge in [-0.05, 0) is 29.8 Å². The van der Waals surface area contributed by atoms with Crippen LogP contribution < -0.4 is 11.1 Å². The Morgan fingerprint density at radius 3 is 2.94 bits per heavy atom. The van der Waals surface area contributed by atoms with E-state index in [1.165, 1.54) is 18.3 Å². The molecule has 1 aromatic carbocycles. The zero-order valence-electron chi connectivity index (χ0n) is 8.98. The molecule has 18 heavy (non-hydrogen) atoms. The van der Waals surface area contributed by atoms with E-state index < -0.39 is 5.82 Å². The number of hydrogen-bond acceptors (Lipinski definition) is 5. The van der Waals surface area contributed by atoms with Crippen LogP contribution in [-0.2, 0) is 0 Å². The predicted octanol–water partition coefficient (Wildman–Crippen LogP) is 2.47. The largest absolute Gasteiger partial charge is 0.394 e. The second-order valence-electron chi connectivity index (χ2n) is 3.37. The fraction of sp³-hybridized carbons (Fsp3) is 0. The molecule has 0 saturated heterocycles. The minimum Gasteiger partial charge on any atom is -0.394 e. The van der Waals surface area contributed by atoms with Gasteiger partial charge in [-0.15, -0.1) is 0 Å². The number of nitrogens with two attached hydrogens (primary N) is 1. The van der Waals surface area contributed by atoms with Crippen molar-refractivity contribution in [1.82, 2.24) is 9.97 Å². The van der Waals surface area contributed by atoms with Crippen LogP contribution in [0.15, 0.2) is 24.4 Å². The minimum atomic E-state index is -0.495. The SMILES string of the molecule is N#Cc1cc(F)ccc1Nc1nc(Cl)ncc1N. The molecule has 1 heterocycles. The highest BCUT2D eigenvalue weighted by Gasteiger charge is 2.08. The number of nitrogens with zero attached hydrogens (tertiary/aromatic N) is 3. The van der Waals surface area contributed by atoms with Crippen LogP contribution in [0.2, 0.25) is 5.28 Å². The summed E-state index contributed by atoms with van der Waals surface area (Å²) in [5, 5.41) is 11.7. The zero-order valence-corrected chi connectivity index (χ0v) is 9.74. The molecule has 0 radical (unpaired) electrons. The first-order chi connectivity index (χ1) is 8.60. The van der Waals surface area contributed by atoms with Gasteiger partial charge in [0.1, 0.15) is 11.9 Å². The molecule has 0 atom stereocenters. The van der Waals surface area contributed by atoms with E-state index in [9.17, 15) is 4.39 Å². The van der Waals surface area contributed by atoms with E-state index in [2.05, 4.69) is 15.3 Å². The van der Waals surface area contributed by atoms with Gasteiger partial charge in [-0.2, -0.15) is 10.2 Å². The zero-order chi connectivity index (χ0) is 13.1. The average molecular weight is 264 g/mol. The quantitative estimate of drug-likeness (QED) is 0.813. The maximum atomic E-state index is 13.0. The summed E-state index contributed by atoms with van der Waals surface area (Å²) in [6, 6.07) is 5.63. The van der Waals surface area contributed by atoms with Crippen molar-refractivity contribution in [2.75, 3.05) is 11.1 Å². The molecule has 0 aliphatic rings. The molecular weight excluding hydrogens is 257 g/mol. The number of aromatic nitrogens is 2. The molecule has 2 aromatic rings. The Labute approximate surface area is 107 Å². The molecule has 0 aliphatic heterocycles. The third-order valence-corrected chi connectivity index (χ3v) is 2.32. The summed E-state index contributed by atoms with van der Waals surface area (Å²) in [6.07, 6.45) is 1.34. The Morgan fingerprint density at radius 1 is 1.44 bits per heavy atom. The first kappa shape index (κ1) is 12.1. The van der Waals surface area contributed by atoms with E-state index >= 15 is 0 Å². The fourth-order valence-corrected chi connectivity index (χ4v) is 1.45. The molecule has 90 valence electrons.